The lowest BCUT2D eigenvalue weighted by Gasteiger charge is -2.26. The molecular formula is C20H20ClN5OS. The number of carbonyl (C=O) groups is 1. The Kier molecular flexibility index (Phi) is 5.92. The Morgan fingerprint density at radius 1 is 1.07 bits per heavy atom. The number of halogens is 1. The number of rotatable bonds is 5. The number of nitrogens with zero attached hydrogens (tertiary/aromatic N) is 5. The van der Waals surface area contributed by atoms with Crippen LogP contribution in [0.4, 0.5) is 0 Å². The van der Waals surface area contributed by atoms with Gasteiger partial charge in [0.2, 0.25) is 5.91 Å². The molecule has 0 radical (unpaired) electrons. The van der Waals surface area contributed by atoms with Gasteiger partial charge in [-0.1, -0.05) is 29.4 Å². The van der Waals surface area contributed by atoms with E-state index in [-0.39, 0.29) is 5.91 Å². The first-order valence-corrected chi connectivity index (χ1v) is 10.6. The molecule has 0 saturated carbocycles. The van der Waals surface area contributed by atoms with Crippen LogP contribution >= 0.6 is 23.4 Å². The van der Waals surface area contributed by atoms with Crippen LogP contribution in [0, 0.1) is 0 Å². The summed E-state index contributed by atoms with van der Waals surface area (Å²) in [6.07, 6.45) is 6.82. The fraction of sp³-hybridized carbons (Fsp3) is 0.300. The van der Waals surface area contributed by atoms with Crippen LogP contribution in [-0.2, 0) is 4.79 Å². The van der Waals surface area contributed by atoms with Gasteiger partial charge in [-0.25, -0.2) is 0 Å². The Labute approximate surface area is 172 Å². The van der Waals surface area contributed by atoms with Gasteiger partial charge in [0.25, 0.3) is 0 Å². The van der Waals surface area contributed by atoms with Crippen molar-refractivity contribution in [3.63, 3.8) is 0 Å². The van der Waals surface area contributed by atoms with Gasteiger partial charge in [-0.15, -0.1) is 10.2 Å². The molecule has 1 aromatic carbocycles. The third kappa shape index (κ3) is 4.20. The van der Waals surface area contributed by atoms with Gasteiger partial charge in [-0.05, 0) is 49.6 Å². The van der Waals surface area contributed by atoms with Crippen molar-refractivity contribution in [2.75, 3.05) is 18.8 Å². The van der Waals surface area contributed by atoms with Gasteiger partial charge >= 0.3 is 0 Å². The quantitative estimate of drug-likeness (QED) is 0.589. The summed E-state index contributed by atoms with van der Waals surface area (Å²) in [5, 5.41) is 10.0. The summed E-state index contributed by atoms with van der Waals surface area (Å²) in [4.78, 5) is 18.6. The standard InChI is InChI=1S/C20H20ClN5OS/c21-16-5-4-6-17(13-16)26-19(15-7-9-22-10-8-15)23-24-20(26)28-14-18(27)25-11-2-1-3-12-25/h4-10,13H,1-3,11-12,14H2. The molecule has 4 rings (SSSR count). The lowest BCUT2D eigenvalue weighted by atomic mass is 10.1. The predicted molar refractivity (Wildman–Crippen MR) is 111 cm³/mol. The maximum atomic E-state index is 12.6. The zero-order chi connectivity index (χ0) is 19.3. The van der Waals surface area contributed by atoms with E-state index in [1.807, 2.05) is 45.9 Å². The molecule has 1 fully saturated rings. The summed E-state index contributed by atoms with van der Waals surface area (Å²) in [5.74, 6) is 1.18. The number of carbonyl (C=O) groups excluding carboxylic acids is 1. The highest BCUT2D eigenvalue weighted by Gasteiger charge is 2.20. The molecule has 144 valence electrons. The van der Waals surface area contributed by atoms with Crippen LogP contribution in [-0.4, -0.2) is 49.4 Å². The van der Waals surface area contributed by atoms with Gasteiger partial charge in [-0.2, -0.15) is 0 Å². The number of hydrogen-bond donors (Lipinski definition) is 0. The van der Waals surface area contributed by atoms with E-state index in [9.17, 15) is 4.79 Å². The zero-order valence-electron chi connectivity index (χ0n) is 15.3. The van der Waals surface area contributed by atoms with Crippen LogP contribution in [0.1, 0.15) is 19.3 Å². The first-order chi connectivity index (χ1) is 13.7. The van der Waals surface area contributed by atoms with Crippen molar-refractivity contribution in [1.29, 1.82) is 0 Å². The topological polar surface area (TPSA) is 63.9 Å². The summed E-state index contributed by atoms with van der Waals surface area (Å²) in [5.41, 5.74) is 1.76. The lowest BCUT2D eigenvalue weighted by molar-refractivity contribution is -0.129. The lowest BCUT2D eigenvalue weighted by Crippen LogP contribution is -2.36. The molecule has 1 saturated heterocycles. The number of amides is 1. The molecule has 0 spiro atoms. The van der Waals surface area contributed by atoms with Crippen LogP contribution in [0.3, 0.4) is 0 Å². The molecule has 3 heterocycles. The molecule has 0 aliphatic carbocycles. The smallest absolute Gasteiger partial charge is 0.233 e. The van der Waals surface area contributed by atoms with Crippen molar-refractivity contribution < 1.29 is 4.79 Å². The van der Waals surface area contributed by atoms with E-state index in [4.69, 9.17) is 11.6 Å². The van der Waals surface area contributed by atoms with Crippen molar-refractivity contribution in [3.8, 4) is 17.1 Å². The first-order valence-electron chi connectivity index (χ1n) is 9.25. The highest BCUT2D eigenvalue weighted by atomic mass is 35.5. The van der Waals surface area contributed by atoms with E-state index in [2.05, 4.69) is 15.2 Å². The molecule has 6 nitrogen and oxygen atoms in total. The van der Waals surface area contributed by atoms with Crippen LogP contribution < -0.4 is 0 Å². The van der Waals surface area contributed by atoms with E-state index >= 15 is 0 Å². The molecule has 3 aromatic rings. The molecule has 0 N–H and O–H groups in total. The average Bonchev–Trinajstić information content (AvgIpc) is 3.17. The van der Waals surface area contributed by atoms with Crippen molar-refractivity contribution >= 4 is 29.3 Å². The van der Waals surface area contributed by atoms with E-state index in [1.54, 1.807) is 12.4 Å². The molecule has 0 unspecified atom stereocenters. The fourth-order valence-corrected chi connectivity index (χ4v) is 4.30. The highest BCUT2D eigenvalue weighted by Crippen LogP contribution is 2.29. The molecule has 1 amide bonds. The number of pyridine rings is 1. The van der Waals surface area contributed by atoms with Crippen molar-refractivity contribution in [2.45, 2.75) is 24.4 Å². The highest BCUT2D eigenvalue weighted by molar-refractivity contribution is 7.99. The molecule has 0 atom stereocenters. The molecule has 0 bridgehead atoms. The van der Waals surface area contributed by atoms with Gasteiger partial charge in [0.1, 0.15) is 0 Å². The Bertz CT molecular complexity index is 956. The summed E-state index contributed by atoms with van der Waals surface area (Å²) < 4.78 is 1.94. The summed E-state index contributed by atoms with van der Waals surface area (Å²) in [7, 11) is 0. The SMILES string of the molecule is O=C(CSc1nnc(-c2ccncc2)n1-c1cccc(Cl)c1)N1CCCCC1. The monoisotopic (exact) mass is 413 g/mol. The minimum absolute atomic E-state index is 0.149. The second-order valence-corrected chi connectivity index (χ2v) is 7.97. The average molecular weight is 414 g/mol. The minimum atomic E-state index is 0.149. The number of hydrogen-bond acceptors (Lipinski definition) is 5. The van der Waals surface area contributed by atoms with Gasteiger partial charge in [0, 0.05) is 36.1 Å². The fourth-order valence-electron chi connectivity index (χ4n) is 3.26. The van der Waals surface area contributed by atoms with Crippen molar-refractivity contribution in [1.82, 2.24) is 24.6 Å². The Hall–Kier alpha value is -2.38. The second-order valence-electron chi connectivity index (χ2n) is 6.59. The van der Waals surface area contributed by atoms with Crippen LogP contribution in [0.5, 0.6) is 0 Å². The van der Waals surface area contributed by atoms with Crippen LogP contribution in [0.25, 0.3) is 17.1 Å². The Balaban J connectivity index is 1.63. The number of thioether (sulfide) groups is 1. The molecular weight excluding hydrogens is 394 g/mol. The maximum absolute atomic E-state index is 12.6. The van der Waals surface area contributed by atoms with Gasteiger partial charge in [-0.3, -0.25) is 14.3 Å². The largest absolute Gasteiger partial charge is 0.342 e. The third-order valence-electron chi connectivity index (χ3n) is 4.67. The van der Waals surface area contributed by atoms with E-state index in [1.165, 1.54) is 18.2 Å². The van der Waals surface area contributed by atoms with Crippen molar-refractivity contribution in [3.05, 3.63) is 53.8 Å². The number of likely N-dealkylation sites (tertiary alicyclic amines) is 1. The molecule has 28 heavy (non-hydrogen) atoms. The first kappa shape index (κ1) is 19.0. The maximum Gasteiger partial charge on any atom is 0.233 e. The number of piperidine rings is 1. The molecule has 8 heteroatoms. The predicted octanol–water partition coefficient (Wildman–Crippen LogP) is 4.09. The minimum Gasteiger partial charge on any atom is -0.342 e. The van der Waals surface area contributed by atoms with Gasteiger partial charge < -0.3 is 4.90 Å². The third-order valence-corrected chi connectivity index (χ3v) is 5.82. The van der Waals surface area contributed by atoms with E-state index < -0.39 is 0 Å². The Morgan fingerprint density at radius 2 is 1.86 bits per heavy atom. The van der Waals surface area contributed by atoms with E-state index in [0.717, 1.165) is 37.2 Å². The summed E-state index contributed by atoms with van der Waals surface area (Å²) in [6.45, 7) is 1.70. The zero-order valence-corrected chi connectivity index (χ0v) is 16.9. The Morgan fingerprint density at radius 3 is 2.61 bits per heavy atom. The number of aromatic nitrogens is 4. The molecule has 2 aromatic heterocycles. The number of benzene rings is 1. The second kappa shape index (κ2) is 8.75. The van der Waals surface area contributed by atoms with Gasteiger partial charge in [0.05, 0.1) is 11.4 Å². The molecule has 1 aliphatic heterocycles. The summed E-state index contributed by atoms with van der Waals surface area (Å²) >= 11 is 7.61. The van der Waals surface area contributed by atoms with Crippen LogP contribution in [0.2, 0.25) is 5.02 Å². The van der Waals surface area contributed by atoms with E-state index in [0.29, 0.717) is 21.8 Å². The van der Waals surface area contributed by atoms with Crippen LogP contribution in [0.15, 0.2) is 53.9 Å². The van der Waals surface area contributed by atoms with Gasteiger partial charge in [0.15, 0.2) is 11.0 Å². The molecule has 1 aliphatic rings. The van der Waals surface area contributed by atoms with Crippen molar-refractivity contribution in [2.24, 2.45) is 0 Å². The summed E-state index contributed by atoms with van der Waals surface area (Å²) in [6, 6.07) is 11.3. The normalized spacial score (nSPS) is 14.2.